The molecule has 0 N–H and O–H groups in total. The Labute approximate surface area is 148 Å². The van der Waals surface area contributed by atoms with Crippen LogP contribution in [-0.4, -0.2) is 13.0 Å². The minimum Gasteiger partial charge on any atom is -0.744 e. The van der Waals surface area contributed by atoms with Crippen molar-refractivity contribution in [2.24, 2.45) is 0 Å². The average molecular weight is 314 g/mol. The van der Waals surface area contributed by atoms with Gasteiger partial charge in [0.05, 0.1) is 4.90 Å². The Morgan fingerprint density at radius 3 is 2.05 bits per heavy atom. The van der Waals surface area contributed by atoms with Gasteiger partial charge < -0.3 is 4.55 Å². The van der Waals surface area contributed by atoms with Gasteiger partial charge in [-0.2, -0.15) is 0 Å². The third-order valence-corrected chi connectivity index (χ3v) is 4.46. The zero-order chi connectivity index (χ0) is 15.1. The van der Waals surface area contributed by atoms with Crippen molar-refractivity contribution in [3.63, 3.8) is 0 Å². The Balaban J connectivity index is 0.00000220. The van der Waals surface area contributed by atoms with Gasteiger partial charge >= 0.3 is 29.6 Å². The average Bonchev–Trinajstić information content (AvgIpc) is 2.34. The van der Waals surface area contributed by atoms with Crippen LogP contribution < -0.4 is 29.6 Å². The van der Waals surface area contributed by atoms with Gasteiger partial charge in [-0.15, -0.1) is 0 Å². The van der Waals surface area contributed by atoms with Gasteiger partial charge in [0.1, 0.15) is 10.1 Å². The van der Waals surface area contributed by atoms with E-state index in [4.69, 9.17) is 0 Å². The molecule has 0 heterocycles. The summed E-state index contributed by atoms with van der Waals surface area (Å²) in [4.78, 5) is -0.0469. The van der Waals surface area contributed by atoms with Crippen molar-refractivity contribution in [1.29, 1.82) is 0 Å². The minimum atomic E-state index is -4.51. The quantitative estimate of drug-likeness (QED) is 0.627. The van der Waals surface area contributed by atoms with Gasteiger partial charge in [-0.05, 0) is 33.7 Å². The zero-order valence-electron chi connectivity index (χ0n) is 13.2. The number of benzene rings is 2. The van der Waals surface area contributed by atoms with Gasteiger partial charge in [-0.1, -0.05) is 58.0 Å². The molecule has 0 aliphatic heterocycles. The maximum absolute atomic E-state index is 11.8. The molecule has 108 valence electrons. The smallest absolute Gasteiger partial charge is 0.744 e. The zero-order valence-corrected chi connectivity index (χ0v) is 16.0. The van der Waals surface area contributed by atoms with Crippen LogP contribution >= 0.6 is 0 Å². The van der Waals surface area contributed by atoms with E-state index in [0.29, 0.717) is 10.9 Å². The molecule has 0 bridgehead atoms. The van der Waals surface area contributed by atoms with Crippen LogP contribution in [0.3, 0.4) is 0 Å². The molecule has 0 aliphatic carbocycles. The van der Waals surface area contributed by atoms with Gasteiger partial charge in [0.2, 0.25) is 0 Å². The van der Waals surface area contributed by atoms with Crippen molar-refractivity contribution >= 4 is 20.9 Å². The molecule has 2 rings (SSSR count). The molecular formula is C16H19NaO3S. The van der Waals surface area contributed by atoms with E-state index in [0.717, 1.165) is 10.9 Å². The van der Waals surface area contributed by atoms with E-state index in [-0.39, 0.29) is 46.3 Å². The van der Waals surface area contributed by atoms with E-state index in [1.165, 1.54) is 0 Å². The molecule has 0 unspecified atom stereocenters. The SMILES string of the molecule is CC(C)c1cc2ccccc2c(S(=O)(=O)[O-])c1C(C)C.[Na+]. The molecule has 0 saturated carbocycles. The molecule has 0 aromatic heterocycles. The van der Waals surface area contributed by atoms with Gasteiger partial charge in [-0.25, -0.2) is 8.42 Å². The molecule has 0 spiro atoms. The van der Waals surface area contributed by atoms with Crippen molar-refractivity contribution < 1.29 is 42.5 Å². The van der Waals surface area contributed by atoms with Crippen LogP contribution in [0.4, 0.5) is 0 Å². The number of hydrogen-bond acceptors (Lipinski definition) is 3. The third-order valence-electron chi connectivity index (χ3n) is 3.52. The summed E-state index contributed by atoms with van der Waals surface area (Å²) in [6.45, 7) is 7.86. The Morgan fingerprint density at radius 2 is 1.57 bits per heavy atom. The second kappa shape index (κ2) is 6.80. The van der Waals surface area contributed by atoms with E-state index in [9.17, 15) is 13.0 Å². The fourth-order valence-corrected chi connectivity index (χ4v) is 3.77. The van der Waals surface area contributed by atoms with Crippen molar-refractivity contribution in [2.45, 2.75) is 44.4 Å². The molecule has 0 fully saturated rings. The minimum absolute atomic E-state index is 0. The van der Waals surface area contributed by atoms with E-state index < -0.39 is 10.1 Å². The van der Waals surface area contributed by atoms with Crippen molar-refractivity contribution in [1.82, 2.24) is 0 Å². The second-order valence-corrected chi connectivity index (χ2v) is 7.01. The summed E-state index contributed by atoms with van der Waals surface area (Å²) in [6, 6.07) is 9.17. The molecular weight excluding hydrogens is 295 g/mol. The van der Waals surface area contributed by atoms with E-state index in [1.807, 2.05) is 45.9 Å². The fraction of sp³-hybridized carbons (Fsp3) is 0.375. The fourth-order valence-electron chi connectivity index (χ4n) is 2.69. The van der Waals surface area contributed by atoms with E-state index in [2.05, 4.69) is 0 Å². The maximum Gasteiger partial charge on any atom is 1.00 e. The number of hydrogen-bond donors (Lipinski definition) is 0. The van der Waals surface area contributed by atoms with Crippen LogP contribution in [-0.2, 0) is 10.1 Å². The molecule has 0 saturated heterocycles. The first-order valence-electron chi connectivity index (χ1n) is 6.75. The molecule has 2 aromatic rings. The first-order chi connectivity index (χ1) is 9.23. The number of rotatable bonds is 3. The summed E-state index contributed by atoms with van der Waals surface area (Å²) >= 11 is 0. The Bertz CT molecular complexity index is 749. The predicted molar refractivity (Wildman–Crippen MR) is 80.1 cm³/mol. The van der Waals surface area contributed by atoms with E-state index >= 15 is 0 Å². The second-order valence-electron chi connectivity index (χ2n) is 5.69. The molecule has 3 nitrogen and oxygen atoms in total. The van der Waals surface area contributed by atoms with Crippen LogP contribution in [0.15, 0.2) is 35.2 Å². The first kappa shape index (κ1) is 18.7. The summed E-state index contributed by atoms with van der Waals surface area (Å²) in [5.74, 6) is 0.147. The Morgan fingerprint density at radius 1 is 1.00 bits per heavy atom. The standard InChI is InChI=1S/C16H20O3S.Na/c1-10(2)14-9-12-7-5-6-8-13(12)16(20(17,18)19)15(14)11(3)4;/h5-11H,1-4H3,(H,17,18,19);/q;+1/p-1. The van der Waals surface area contributed by atoms with Gasteiger partial charge in [0.25, 0.3) is 0 Å². The molecule has 0 amide bonds. The summed E-state index contributed by atoms with van der Waals surface area (Å²) in [5, 5.41) is 1.32. The maximum atomic E-state index is 11.8. The van der Waals surface area contributed by atoms with E-state index in [1.54, 1.807) is 12.1 Å². The molecule has 0 aliphatic rings. The largest absolute Gasteiger partial charge is 1.00 e. The third kappa shape index (κ3) is 3.69. The summed E-state index contributed by atoms with van der Waals surface area (Å²) in [7, 11) is -4.51. The Kier molecular flexibility index (Phi) is 6.04. The van der Waals surface area contributed by atoms with Gasteiger partial charge in [-0.3, -0.25) is 0 Å². The number of fused-ring (bicyclic) bond motifs is 1. The van der Waals surface area contributed by atoms with Crippen molar-refractivity contribution in [3.8, 4) is 0 Å². The monoisotopic (exact) mass is 314 g/mol. The van der Waals surface area contributed by atoms with Crippen molar-refractivity contribution in [3.05, 3.63) is 41.5 Å². The van der Waals surface area contributed by atoms with Crippen molar-refractivity contribution in [2.75, 3.05) is 0 Å². The topological polar surface area (TPSA) is 57.2 Å². The molecule has 21 heavy (non-hydrogen) atoms. The van der Waals surface area contributed by atoms with Crippen LogP contribution in [0, 0.1) is 0 Å². The predicted octanol–water partition coefficient (Wildman–Crippen LogP) is 0.995. The normalized spacial score (nSPS) is 12.0. The van der Waals surface area contributed by atoms with Gasteiger partial charge in [0, 0.05) is 0 Å². The van der Waals surface area contributed by atoms with Crippen LogP contribution in [0.5, 0.6) is 0 Å². The van der Waals surface area contributed by atoms with Crippen LogP contribution in [0.2, 0.25) is 0 Å². The van der Waals surface area contributed by atoms with Crippen LogP contribution in [0.25, 0.3) is 10.8 Å². The van der Waals surface area contributed by atoms with Crippen LogP contribution in [0.1, 0.15) is 50.7 Å². The summed E-state index contributed by atoms with van der Waals surface area (Å²) < 4.78 is 35.4. The summed E-state index contributed by atoms with van der Waals surface area (Å²) in [5.41, 5.74) is 1.60. The molecule has 2 aromatic carbocycles. The van der Waals surface area contributed by atoms with Gasteiger partial charge in [0.15, 0.2) is 0 Å². The first-order valence-corrected chi connectivity index (χ1v) is 8.15. The molecule has 0 atom stereocenters. The summed E-state index contributed by atoms with van der Waals surface area (Å²) in [6.07, 6.45) is 0. The molecule has 0 radical (unpaired) electrons. The Hall–Kier alpha value is -0.390. The molecule has 5 heteroatoms.